The maximum Gasteiger partial charge on any atom is 0.298 e. The number of hydrogen-bond donors (Lipinski definition) is 0. The van der Waals surface area contributed by atoms with Crippen molar-refractivity contribution in [2.45, 2.75) is 6.92 Å². The smallest absolute Gasteiger partial charge is 0.298 e. The average Bonchev–Trinajstić information content (AvgIpc) is 2.26. The van der Waals surface area contributed by atoms with Gasteiger partial charge >= 0.3 is 0 Å². The van der Waals surface area contributed by atoms with Gasteiger partial charge in [0.2, 0.25) is 0 Å². The highest BCUT2D eigenvalue weighted by Crippen LogP contribution is 2.25. The maximum atomic E-state index is 11.1. The third-order valence-electron chi connectivity index (χ3n) is 2.01. The van der Waals surface area contributed by atoms with Crippen molar-refractivity contribution in [1.29, 1.82) is 5.26 Å². The van der Waals surface area contributed by atoms with E-state index in [1.54, 1.807) is 6.07 Å². The first-order valence-corrected chi connectivity index (χ1v) is 4.20. The number of Topliss-reactive ketones (excluding diaryl/α,β-unsaturated/α-hetero) is 1. The second-order valence-electron chi connectivity index (χ2n) is 2.97. The minimum Gasteiger partial charge on any atom is -0.298 e. The number of nitrogens with zero attached hydrogens (tertiary/aromatic N) is 2. The van der Waals surface area contributed by atoms with E-state index >= 15 is 0 Å². The number of carbonyl (C=O) groups excluding carboxylic acids is 2. The summed E-state index contributed by atoms with van der Waals surface area (Å²) in [6.45, 7) is 1.19. The Morgan fingerprint density at radius 1 is 1.56 bits per heavy atom. The minimum absolute atomic E-state index is 0.0557. The number of nitro groups is 1. The van der Waals surface area contributed by atoms with Crippen LogP contribution in [0.5, 0.6) is 0 Å². The van der Waals surface area contributed by atoms with Gasteiger partial charge in [-0.2, -0.15) is 5.26 Å². The monoisotopic (exact) mass is 218 g/mol. The minimum atomic E-state index is -0.839. The molecule has 0 radical (unpaired) electrons. The van der Waals surface area contributed by atoms with E-state index in [0.717, 1.165) is 6.07 Å². The van der Waals surface area contributed by atoms with Gasteiger partial charge in [0.1, 0.15) is 11.6 Å². The van der Waals surface area contributed by atoms with Crippen molar-refractivity contribution in [3.8, 4) is 6.07 Å². The summed E-state index contributed by atoms with van der Waals surface area (Å²) in [6, 6.07) is 3.97. The zero-order valence-corrected chi connectivity index (χ0v) is 8.26. The SMILES string of the molecule is CC(=O)c1ccc(C=O)c([N+](=O)[O-])c1C#N. The molecule has 0 saturated carbocycles. The standard InChI is InChI=1S/C10H6N2O4/c1-6(14)8-3-2-7(5-13)10(12(15)16)9(8)4-11/h2-3,5H,1H3. The lowest BCUT2D eigenvalue weighted by Crippen LogP contribution is -2.04. The zero-order chi connectivity index (χ0) is 12.3. The topological polar surface area (TPSA) is 101 Å². The Balaban J connectivity index is 3.71. The summed E-state index contributed by atoms with van der Waals surface area (Å²) in [5.74, 6) is -0.461. The summed E-state index contributed by atoms with van der Waals surface area (Å²) in [5.41, 5.74) is -1.27. The first-order valence-electron chi connectivity index (χ1n) is 4.20. The summed E-state index contributed by atoms with van der Waals surface area (Å²) >= 11 is 0. The van der Waals surface area contributed by atoms with Gasteiger partial charge in [-0.3, -0.25) is 19.7 Å². The maximum absolute atomic E-state index is 11.1. The molecule has 0 unspecified atom stereocenters. The quantitative estimate of drug-likeness (QED) is 0.331. The second-order valence-corrected chi connectivity index (χ2v) is 2.97. The molecule has 0 fully saturated rings. The molecule has 0 aliphatic rings. The van der Waals surface area contributed by atoms with E-state index in [9.17, 15) is 19.7 Å². The first kappa shape index (κ1) is 11.5. The molecule has 0 aromatic heterocycles. The molecular weight excluding hydrogens is 212 g/mol. The predicted molar refractivity (Wildman–Crippen MR) is 53.2 cm³/mol. The third kappa shape index (κ3) is 1.79. The number of benzene rings is 1. The van der Waals surface area contributed by atoms with Gasteiger partial charge in [-0.25, -0.2) is 0 Å². The van der Waals surface area contributed by atoms with Crippen LogP contribution in [0.25, 0.3) is 0 Å². The van der Waals surface area contributed by atoms with Crippen LogP contribution in [0, 0.1) is 21.4 Å². The van der Waals surface area contributed by atoms with Gasteiger partial charge in [0, 0.05) is 5.56 Å². The molecule has 6 heteroatoms. The molecule has 80 valence electrons. The molecule has 6 nitrogen and oxygen atoms in total. The van der Waals surface area contributed by atoms with E-state index < -0.39 is 16.4 Å². The molecule has 1 aromatic rings. The highest BCUT2D eigenvalue weighted by molar-refractivity contribution is 5.99. The Morgan fingerprint density at radius 2 is 2.19 bits per heavy atom. The van der Waals surface area contributed by atoms with Crippen LogP contribution in [0.2, 0.25) is 0 Å². The fraction of sp³-hybridized carbons (Fsp3) is 0.100. The summed E-state index contributed by atoms with van der Waals surface area (Å²) in [5, 5.41) is 19.5. The molecule has 0 saturated heterocycles. The Labute approximate surface area is 90.3 Å². The van der Waals surface area contributed by atoms with Crippen molar-refractivity contribution >= 4 is 17.8 Å². The lowest BCUT2D eigenvalue weighted by Gasteiger charge is -2.02. The predicted octanol–water partition coefficient (Wildman–Crippen LogP) is 1.48. The zero-order valence-electron chi connectivity index (χ0n) is 8.26. The van der Waals surface area contributed by atoms with E-state index in [4.69, 9.17) is 5.26 Å². The Kier molecular flexibility index (Phi) is 3.11. The van der Waals surface area contributed by atoms with E-state index in [1.165, 1.54) is 13.0 Å². The normalized spacial score (nSPS) is 9.25. The molecule has 0 bridgehead atoms. The van der Waals surface area contributed by atoms with Crippen molar-refractivity contribution in [3.05, 3.63) is 38.9 Å². The van der Waals surface area contributed by atoms with Crippen molar-refractivity contribution in [3.63, 3.8) is 0 Å². The second kappa shape index (κ2) is 4.31. The molecule has 0 spiro atoms. The average molecular weight is 218 g/mol. The number of ketones is 1. The van der Waals surface area contributed by atoms with Crippen LogP contribution in [-0.4, -0.2) is 17.0 Å². The van der Waals surface area contributed by atoms with Crippen LogP contribution < -0.4 is 0 Å². The number of nitro benzene ring substituents is 1. The van der Waals surface area contributed by atoms with E-state index in [2.05, 4.69) is 0 Å². The molecule has 0 aliphatic heterocycles. The lowest BCUT2D eigenvalue weighted by atomic mass is 10.00. The van der Waals surface area contributed by atoms with Gasteiger partial charge in [-0.15, -0.1) is 0 Å². The van der Waals surface area contributed by atoms with Gasteiger partial charge in [0.15, 0.2) is 12.1 Å². The van der Waals surface area contributed by atoms with Gasteiger partial charge in [-0.05, 0) is 19.1 Å². The van der Waals surface area contributed by atoms with Crippen molar-refractivity contribution < 1.29 is 14.5 Å². The molecule has 0 aliphatic carbocycles. The first-order chi connectivity index (χ1) is 7.52. The van der Waals surface area contributed by atoms with Crippen molar-refractivity contribution in [2.24, 2.45) is 0 Å². The number of hydrogen-bond acceptors (Lipinski definition) is 5. The highest BCUT2D eigenvalue weighted by Gasteiger charge is 2.24. The number of nitriles is 1. The Morgan fingerprint density at radius 3 is 2.56 bits per heavy atom. The molecule has 1 aromatic carbocycles. The molecule has 0 N–H and O–H groups in total. The van der Waals surface area contributed by atoms with Gasteiger partial charge < -0.3 is 0 Å². The van der Waals surface area contributed by atoms with E-state index in [0.29, 0.717) is 0 Å². The largest absolute Gasteiger partial charge is 0.298 e. The summed E-state index contributed by atoms with van der Waals surface area (Å²) in [7, 11) is 0. The fourth-order valence-electron chi connectivity index (χ4n) is 1.31. The van der Waals surface area contributed by atoms with Crippen LogP contribution in [-0.2, 0) is 0 Å². The van der Waals surface area contributed by atoms with Gasteiger partial charge in [-0.1, -0.05) is 0 Å². The van der Waals surface area contributed by atoms with Crippen LogP contribution in [0.15, 0.2) is 12.1 Å². The third-order valence-corrected chi connectivity index (χ3v) is 2.01. The van der Waals surface area contributed by atoms with Crippen LogP contribution in [0.4, 0.5) is 5.69 Å². The Hall–Kier alpha value is -2.55. The van der Waals surface area contributed by atoms with Crippen molar-refractivity contribution in [1.82, 2.24) is 0 Å². The summed E-state index contributed by atoms with van der Waals surface area (Å²) in [4.78, 5) is 31.6. The molecule has 0 heterocycles. The molecule has 0 atom stereocenters. The summed E-state index contributed by atoms with van der Waals surface area (Å²) in [6.07, 6.45) is 0.281. The van der Waals surface area contributed by atoms with Gasteiger partial charge in [0.05, 0.1) is 10.5 Å². The van der Waals surface area contributed by atoms with E-state index in [1.807, 2.05) is 0 Å². The number of rotatable bonds is 3. The van der Waals surface area contributed by atoms with E-state index in [-0.39, 0.29) is 23.0 Å². The number of carbonyl (C=O) groups is 2. The summed E-state index contributed by atoms with van der Waals surface area (Å²) < 4.78 is 0. The fourth-order valence-corrected chi connectivity index (χ4v) is 1.31. The van der Waals surface area contributed by atoms with Crippen molar-refractivity contribution in [2.75, 3.05) is 0 Å². The molecule has 16 heavy (non-hydrogen) atoms. The van der Waals surface area contributed by atoms with Crippen LogP contribution in [0.1, 0.15) is 33.2 Å². The number of aldehydes is 1. The molecule has 0 amide bonds. The molecule has 1 rings (SSSR count). The van der Waals surface area contributed by atoms with Crippen LogP contribution >= 0.6 is 0 Å². The molecular formula is C10H6N2O4. The lowest BCUT2D eigenvalue weighted by molar-refractivity contribution is -0.385. The highest BCUT2D eigenvalue weighted by atomic mass is 16.6. The van der Waals surface area contributed by atoms with Crippen LogP contribution in [0.3, 0.4) is 0 Å². The van der Waals surface area contributed by atoms with Gasteiger partial charge in [0.25, 0.3) is 5.69 Å². The Bertz CT molecular complexity index is 528.